The smallest absolute Gasteiger partial charge is 0.260 e. The van der Waals surface area contributed by atoms with E-state index >= 15 is 0 Å². The molecule has 1 amide bonds. The fourth-order valence-electron chi connectivity index (χ4n) is 3.30. The van der Waals surface area contributed by atoms with E-state index in [1.807, 2.05) is 18.2 Å². The molecule has 0 aliphatic carbocycles. The lowest BCUT2D eigenvalue weighted by atomic mass is 10.00. The van der Waals surface area contributed by atoms with Crippen molar-refractivity contribution < 1.29 is 23.8 Å². The Morgan fingerprint density at radius 3 is 2.64 bits per heavy atom. The van der Waals surface area contributed by atoms with Crippen LogP contribution in [0.25, 0.3) is 0 Å². The molecular formula is C19H19F2NO3. The zero-order chi connectivity index (χ0) is 18.0. The SMILES string of the molecule is O=C(c1c(F)ccc(O)c1F)N1CCC[C@@H]1C[C@@H](O)c1ccccc1. The van der Waals surface area contributed by atoms with Crippen LogP contribution in [0.5, 0.6) is 5.75 Å². The van der Waals surface area contributed by atoms with E-state index in [1.165, 1.54) is 4.90 Å². The summed E-state index contributed by atoms with van der Waals surface area (Å²) in [6.07, 6.45) is 0.869. The molecule has 25 heavy (non-hydrogen) atoms. The molecule has 2 N–H and O–H groups in total. The average Bonchev–Trinajstić information content (AvgIpc) is 3.07. The molecule has 1 aliphatic heterocycles. The predicted octanol–water partition coefficient (Wildman–Crippen LogP) is 3.40. The first-order valence-corrected chi connectivity index (χ1v) is 8.20. The van der Waals surface area contributed by atoms with E-state index in [0.717, 1.165) is 17.7 Å². The van der Waals surface area contributed by atoms with E-state index in [1.54, 1.807) is 12.1 Å². The van der Waals surface area contributed by atoms with Gasteiger partial charge in [0.05, 0.1) is 6.10 Å². The highest BCUT2D eigenvalue weighted by Crippen LogP contribution is 2.31. The van der Waals surface area contributed by atoms with Crippen molar-refractivity contribution in [3.63, 3.8) is 0 Å². The second kappa shape index (κ2) is 7.19. The van der Waals surface area contributed by atoms with Gasteiger partial charge >= 0.3 is 0 Å². The monoisotopic (exact) mass is 347 g/mol. The lowest BCUT2D eigenvalue weighted by molar-refractivity contribution is 0.0657. The quantitative estimate of drug-likeness (QED) is 0.891. The zero-order valence-corrected chi connectivity index (χ0v) is 13.5. The second-order valence-corrected chi connectivity index (χ2v) is 6.21. The first-order chi connectivity index (χ1) is 12.0. The molecule has 0 spiro atoms. The van der Waals surface area contributed by atoms with E-state index in [0.29, 0.717) is 19.4 Å². The zero-order valence-electron chi connectivity index (χ0n) is 13.5. The van der Waals surface area contributed by atoms with Gasteiger partial charge in [-0.1, -0.05) is 30.3 Å². The molecule has 0 radical (unpaired) electrons. The number of nitrogens with zero attached hydrogens (tertiary/aromatic N) is 1. The third-order valence-corrected chi connectivity index (χ3v) is 4.60. The molecule has 132 valence electrons. The Hall–Kier alpha value is -2.47. The summed E-state index contributed by atoms with van der Waals surface area (Å²) in [4.78, 5) is 14.0. The number of aliphatic hydroxyl groups is 1. The summed E-state index contributed by atoms with van der Waals surface area (Å²) in [6, 6.07) is 10.5. The summed E-state index contributed by atoms with van der Waals surface area (Å²) in [5.74, 6) is -3.81. The van der Waals surface area contributed by atoms with Gasteiger partial charge in [-0.15, -0.1) is 0 Å². The first-order valence-electron chi connectivity index (χ1n) is 8.20. The lowest BCUT2D eigenvalue weighted by Gasteiger charge is -2.27. The number of likely N-dealkylation sites (tertiary alicyclic amines) is 1. The molecule has 1 fully saturated rings. The molecule has 1 saturated heterocycles. The molecule has 2 aromatic rings. The molecule has 2 atom stereocenters. The third kappa shape index (κ3) is 3.49. The van der Waals surface area contributed by atoms with Crippen LogP contribution < -0.4 is 0 Å². The number of halogens is 2. The molecular weight excluding hydrogens is 328 g/mol. The van der Waals surface area contributed by atoms with Gasteiger partial charge in [-0.25, -0.2) is 8.78 Å². The van der Waals surface area contributed by atoms with Crippen LogP contribution in [0.1, 0.15) is 41.3 Å². The number of hydrogen-bond donors (Lipinski definition) is 2. The van der Waals surface area contributed by atoms with E-state index < -0.39 is 35.0 Å². The summed E-state index contributed by atoms with van der Waals surface area (Å²) in [6.45, 7) is 0.361. The van der Waals surface area contributed by atoms with Crippen LogP contribution in [0.3, 0.4) is 0 Å². The van der Waals surface area contributed by atoms with Gasteiger partial charge in [0.1, 0.15) is 11.4 Å². The van der Waals surface area contributed by atoms with Gasteiger partial charge in [0.25, 0.3) is 5.91 Å². The van der Waals surface area contributed by atoms with Crippen LogP contribution >= 0.6 is 0 Å². The van der Waals surface area contributed by atoms with Gasteiger partial charge in [0.2, 0.25) is 0 Å². The van der Waals surface area contributed by atoms with Gasteiger partial charge < -0.3 is 15.1 Å². The van der Waals surface area contributed by atoms with E-state index in [2.05, 4.69) is 0 Å². The standard InChI is InChI=1S/C19H19F2NO3/c20-14-8-9-15(23)18(21)17(14)19(25)22-10-4-7-13(22)11-16(24)12-5-2-1-3-6-12/h1-3,5-6,8-9,13,16,23-24H,4,7,10-11H2/t13-,16-/m1/s1. The Morgan fingerprint density at radius 2 is 1.92 bits per heavy atom. The van der Waals surface area contributed by atoms with E-state index in [4.69, 9.17) is 0 Å². The minimum absolute atomic E-state index is 0.289. The van der Waals surface area contributed by atoms with Gasteiger partial charge in [-0.2, -0.15) is 0 Å². The van der Waals surface area contributed by atoms with Crippen molar-refractivity contribution in [3.05, 3.63) is 65.2 Å². The van der Waals surface area contributed by atoms with Gasteiger partial charge in [0, 0.05) is 12.6 Å². The number of phenols is 1. The molecule has 1 aliphatic rings. The Bertz CT molecular complexity index is 767. The largest absolute Gasteiger partial charge is 0.505 e. The normalized spacial score (nSPS) is 18.4. The Labute approximate surface area is 144 Å². The Balaban J connectivity index is 1.80. The van der Waals surface area contributed by atoms with Crippen molar-refractivity contribution in [1.82, 2.24) is 4.90 Å². The molecule has 0 saturated carbocycles. The van der Waals surface area contributed by atoms with Crippen molar-refractivity contribution >= 4 is 5.91 Å². The topological polar surface area (TPSA) is 60.8 Å². The summed E-state index contributed by atoms with van der Waals surface area (Å²) < 4.78 is 28.0. The summed E-state index contributed by atoms with van der Waals surface area (Å²) >= 11 is 0. The molecule has 1 heterocycles. The van der Waals surface area contributed by atoms with Crippen molar-refractivity contribution in [3.8, 4) is 5.75 Å². The number of benzene rings is 2. The summed E-state index contributed by atoms with van der Waals surface area (Å²) in [7, 11) is 0. The minimum Gasteiger partial charge on any atom is -0.505 e. The number of amides is 1. The highest BCUT2D eigenvalue weighted by Gasteiger charge is 2.34. The number of hydrogen-bond acceptors (Lipinski definition) is 3. The second-order valence-electron chi connectivity index (χ2n) is 6.21. The number of phenolic OH excluding ortho intramolecular Hbond substituents is 1. The van der Waals surface area contributed by atoms with Gasteiger partial charge in [-0.05, 0) is 37.0 Å². The van der Waals surface area contributed by atoms with Crippen LogP contribution in [0.4, 0.5) is 8.78 Å². The first kappa shape index (κ1) is 17.4. The van der Waals surface area contributed by atoms with Gasteiger partial charge in [0.15, 0.2) is 11.6 Å². The fourth-order valence-corrected chi connectivity index (χ4v) is 3.30. The van der Waals surface area contributed by atoms with Crippen molar-refractivity contribution in [2.75, 3.05) is 6.54 Å². The van der Waals surface area contributed by atoms with Crippen LogP contribution in [-0.2, 0) is 0 Å². The van der Waals surface area contributed by atoms with Crippen molar-refractivity contribution in [2.24, 2.45) is 0 Å². The number of carbonyl (C=O) groups is 1. The predicted molar refractivity (Wildman–Crippen MR) is 88.1 cm³/mol. The fraction of sp³-hybridized carbons (Fsp3) is 0.316. The van der Waals surface area contributed by atoms with Crippen LogP contribution in [0.2, 0.25) is 0 Å². The number of rotatable bonds is 4. The maximum absolute atomic E-state index is 14.0. The van der Waals surface area contributed by atoms with E-state index in [9.17, 15) is 23.8 Å². The molecule has 4 nitrogen and oxygen atoms in total. The molecule has 0 unspecified atom stereocenters. The molecule has 0 bridgehead atoms. The van der Waals surface area contributed by atoms with E-state index in [-0.39, 0.29) is 12.5 Å². The molecule has 0 aromatic heterocycles. The Kier molecular flexibility index (Phi) is 4.99. The van der Waals surface area contributed by atoms with Crippen LogP contribution in [0, 0.1) is 11.6 Å². The lowest BCUT2D eigenvalue weighted by Crippen LogP contribution is -2.37. The van der Waals surface area contributed by atoms with Crippen molar-refractivity contribution in [1.29, 1.82) is 0 Å². The van der Waals surface area contributed by atoms with Gasteiger partial charge in [-0.3, -0.25) is 4.79 Å². The Morgan fingerprint density at radius 1 is 1.20 bits per heavy atom. The third-order valence-electron chi connectivity index (χ3n) is 4.60. The molecule has 6 heteroatoms. The highest BCUT2D eigenvalue weighted by atomic mass is 19.1. The number of carbonyl (C=O) groups excluding carboxylic acids is 1. The maximum atomic E-state index is 14.0. The summed E-state index contributed by atoms with van der Waals surface area (Å²) in [5.41, 5.74) is -0.0161. The molecule has 3 rings (SSSR count). The maximum Gasteiger partial charge on any atom is 0.260 e. The number of aromatic hydroxyl groups is 1. The van der Waals surface area contributed by atoms with Crippen LogP contribution in [-0.4, -0.2) is 33.6 Å². The van der Waals surface area contributed by atoms with Crippen LogP contribution in [0.15, 0.2) is 42.5 Å². The highest BCUT2D eigenvalue weighted by molar-refractivity contribution is 5.95. The van der Waals surface area contributed by atoms with Crippen molar-refractivity contribution in [2.45, 2.75) is 31.4 Å². The average molecular weight is 347 g/mol. The molecule has 2 aromatic carbocycles. The minimum atomic E-state index is -1.25. The summed E-state index contributed by atoms with van der Waals surface area (Å²) in [5, 5.41) is 19.8. The number of aliphatic hydroxyl groups excluding tert-OH is 1.